The molecule has 0 atom stereocenters. The predicted octanol–water partition coefficient (Wildman–Crippen LogP) is 3.52. The molecule has 0 saturated heterocycles. The first-order valence-electron chi connectivity index (χ1n) is 4.74. The molecule has 2 rings (SSSR count). The second-order valence-corrected chi connectivity index (χ2v) is 4.19. The molecular weight excluding hydrogens is 252 g/mol. The van der Waals surface area contributed by atoms with E-state index in [0.29, 0.717) is 4.73 Å². The Morgan fingerprint density at radius 2 is 1.80 bits per heavy atom. The van der Waals surface area contributed by atoms with Crippen LogP contribution in [0.1, 0.15) is 11.3 Å². The summed E-state index contributed by atoms with van der Waals surface area (Å²) in [5, 5.41) is 0. The van der Waals surface area contributed by atoms with Gasteiger partial charge in [0.1, 0.15) is 0 Å². The van der Waals surface area contributed by atoms with Gasteiger partial charge in [0, 0.05) is 11.3 Å². The molecule has 3 heteroatoms. The van der Waals surface area contributed by atoms with Gasteiger partial charge in [0.15, 0.2) is 4.73 Å². The molecule has 1 aromatic carbocycles. The molecule has 15 heavy (non-hydrogen) atoms. The molecule has 0 N–H and O–H groups in total. The maximum absolute atomic E-state index is 4.37. The number of rotatable bonds is 1. The first-order chi connectivity index (χ1) is 7.16. The molecule has 2 nitrogen and oxygen atoms in total. The fraction of sp³-hybridized carbons (Fsp3) is 0.167. The lowest BCUT2D eigenvalue weighted by Crippen LogP contribution is -1.92. The van der Waals surface area contributed by atoms with Crippen LogP contribution in [0.4, 0.5) is 0 Å². The van der Waals surface area contributed by atoms with Crippen LogP contribution in [0.2, 0.25) is 0 Å². The third kappa shape index (κ3) is 2.23. The van der Waals surface area contributed by atoms with E-state index in [1.54, 1.807) is 0 Å². The average Bonchev–Trinajstić information content (AvgIpc) is 2.16. The molecule has 0 radical (unpaired) electrons. The SMILES string of the molecule is Cc1cc(-c2ccccc2C)nc(Br)n1. The molecule has 76 valence electrons. The largest absolute Gasteiger partial charge is 0.227 e. The zero-order valence-corrected chi connectivity index (χ0v) is 10.2. The number of hydrogen-bond acceptors (Lipinski definition) is 2. The average molecular weight is 263 g/mol. The predicted molar refractivity (Wildman–Crippen MR) is 64.6 cm³/mol. The van der Waals surface area contributed by atoms with Gasteiger partial charge < -0.3 is 0 Å². The van der Waals surface area contributed by atoms with Crippen molar-refractivity contribution in [2.75, 3.05) is 0 Å². The van der Waals surface area contributed by atoms with Gasteiger partial charge in [-0.1, -0.05) is 24.3 Å². The first kappa shape index (κ1) is 10.3. The second-order valence-electron chi connectivity index (χ2n) is 3.48. The van der Waals surface area contributed by atoms with Gasteiger partial charge in [-0.3, -0.25) is 0 Å². The van der Waals surface area contributed by atoms with Crippen LogP contribution in [-0.4, -0.2) is 9.97 Å². The van der Waals surface area contributed by atoms with Crippen LogP contribution in [0.5, 0.6) is 0 Å². The standard InChI is InChI=1S/C12H11BrN2/c1-8-5-3-4-6-10(8)11-7-9(2)14-12(13)15-11/h3-7H,1-2H3. The van der Waals surface area contributed by atoms with Gasteiger partial charge in [-0.05, 0) is 41.4 Å². The maximum Gasteiger partial charge on any atom is 0.197 e. The van der Waals surface area contributed by atoms with E-state index in [2.05, 4.69) is 45.0 Å². The van der Waals surface area contributed by atoms with Crippen LogP contribution in [0.15, 0.2) is 35.1 Å². The van der Waals surface area contributed by atoms with Gasteiger partial charge in [-0.2, -0.15) is 0 Å². The van der Waals surface area contributed by atoms with Gasteiger partial charge in [0.05, 0.1) is 5.69 Å². The number of halogens is 1. The van der Waals surface area contributed by atoms with Gasteiger partial charge in [-0.15, -0.1) is 0 Å². The lowest BCUT2D eigenvalue weighted by Gasteiger charge is -2.05. The smallest absolute Gasteiger partial charge is 0.197 e. The Morgan fingerprint density at radius 1 is 1.07 bits per heavy atom. The minimum absolute atomic E-state index is 0.640. The topological polar surface area (TPSA) is 25.8 Å². The van der Waals surface area contributed by atoms with Crippen LogP contribution in [-0.2, 0) is 0 Å². The molecule has 0 bridgehead atoms. The molecule has 0 aliphatic heterocycles. The van der Waals surface area contributed by atoms with Crippen LogP contribution in [0, 0.1) is 13.8 Å². The van der Waals surface area contributed by atoms with Gasteiger partial charge >= 0.3 is 0 Å². The normalized spacial score (nSPS) is 10.3. The van der Waals surface area contributed by atoms with Crippen molar-refractivity contribution in [2.24, 2.45) is 0 Å². The van der Waals surface area contributed by atoms with E-state index in [1.165, 1.54) is 5.56 Å². The summed E-state index contributed by atoms with van der Waals surface area (Å²) in [4.78, 5) is 8.57. The van der Waals surface area contributed by atoms with E-state index in [9.17, 15) is 0 Å². The molecule has 1 aromatic heterocycles. The quantitative estimate of drug-likeness (QED) is 0.735. The molecule has 0 aliphatic carbocycles. The van der Waals surface area contributed by atoms with E-state index in [-0.39, 0.29) is 0 Å². The molecular formula is C12H11BrN2. The molecule has 0 fully saturated rings. The zero-order chi connectivity index (χ0) is 10.8. The van der Waals surface area contributed by atoms with Crippen LogP contribution >= 0.6 is 15.9 Å². The molecule has 1 heterocycles. The zero-order valence-electron chi connectivity index (χ0n) is 8.66. The van der Waals surface area contributed by atoms with Crippen LogP contribution in [0.3, 0.4) is 0 Å². The minimum Gasteiger partial charge on any atom is -0.227 e. The van der Waals surface area contributed by atoms with Crippen LogP contribution in [0.25, 0.3) is 11.3 Å². The fourth-order valence-corrected chi connectivity index (χ4v) is 2.00. The minimum atomic E-state index is 0.640. The molecule has 0 saturated carbocycles. The Labute approximate surface area is 97.5 Å². The van der Waals surface area contributed by atoms with Crippen LogP contribution < -0.4 is 0 Å². The van der Waals surface area contributed by atoms with E-state index in [1.807, 2.05) is 25.1 Å². The lowest BCUT2D eigenvalue weighted by molar-refractivity contribution is 1.06. The summed E-state index contributed by atoms with van der Waals surface area (Å²) < 4.78 is 0.640. The number of aryl methyl sites for hydroxylation is 2. The molecule has 0 amide bonds. The van der Waals surface area contributed by atoms with Crippen molar-refractivity contribution in [2.45, 2.75) is 13.8 Å². The summed E-state index contributed by atoms with van der Waals surface area (Å²) in [5.41, 5.74) is 4.31. The van der Waals surface area contributed by atoms with Crippen molar-refractivity contribution in [3.8, 4) is 11.3 Å². The van der Waals surface area contributed by atoms with Crippen molar-refractivity contribution in [3.05, 3.63) is 46.3 Å². The van der Waals surface area contributed by atoms with E-state index < -0.39 is 0 Å². The summed E-state index contributed by atoms with van der Waals surface area (Å²) in [6, 6.07) is 10.2. The van der Waals surface area contributed by atoms with Gasteiger partial charge in [0.2, 0.25) is 0 Å². The van der Waals surface area contributed by atoms with E-state index in [0.717, 1.165) is 17.0 Å². The highest BCUT2D eigenvalue weighted by molar-refractivity contribution is 9.10. The summed E-state index contributed by atoms with van der Waals surface area (Å²) in [6.07, 6.45) is 0. The van der Waals surface area contributed by atoms with E-state index >= 15 is 0 Å². The summed E-state index contributed by atoms with van der Waals surface area (Å²) in [5.74, 6) is 0. The van der Waals surface area contributed by atoms with Gasteiger partial charge in [-0.25, -0.2) is 9.97 Å². The highest BCUT2D eigenvalue weighted by Crippen LogP contribution is 2.22. The summed E-state index contributed by atoms with van der Waals surface area (Å²) in [7, 11) is 0. The third-order valence-corrected chi connectivity index (χ3v) is 2.60. The number of hydrogen-bond donors (Lipinski definition) is 0. The van der Waals surface area contributed by atoms with Crippen molar-refractivity contribution >= 4 is 15.9 Å². The Kier molecular flexibility index (Phi) is 2.82. The first-order valence-corrected chi connectivity index (χ1v) is 5.53. The molecule has 2 aromatic rings. The van der Waals surface area contributed by atoms with Crippen molar-refractivity contribution in [3.63, 3.8) is 0 Å². The molecule has 0 spiro atoms. The third-order valence-electron chi connectivity index (χ3n) is 2.25. The number of nitrogens with zero attached hydrogens (tertiary/aromatic N) is 2. The summed E-state index contributed by atoms with van der Waals surface area (Å²) >= 11 is 3.31. The highest BCUT2D eigenvalue weighted by atomic mass is 79.9. The Hall–Kier alpha value is -1.22. The Morgan fingerprint density at radius 3 is 2.47 bits per heavy atom. The van der Waals surface area contributed by atoms with Crippen molar-refractivity contribution in [1.29, 1.82) is 0 Å². The monoisotopic (exact) mass is 262 g/mol. The van der Waals surface area contributed by atoms with Gasteiger partial charge in [0.25, 0.3) is 0 Å². The van der Waals surface area contributed by atoms with Crippen molar-refractivity contribution in [1.82, 2.24) is 9.97 Å². The van der Waals surface area contributed by atoms with E-state index in [4.69, 9.17) is 0 Å². The number of aromatic nitrogens is 2. The Bertz CT molecular complexity index is 474. The Balaban J connectivity index is 2.59. The maximum atomic E-state index is 4.37. The lowest BCUT2D eigenvalue weighted by atomic mass is 10.1. The molecule has 0 aliphatic rings. The second kappa shape index (κ2) is 4.11. The number of benzene rings is 1. The van der Waals surface area contributed by atoms with Crippen molar-refractivity contribution < 1.29 is 0 Å². The fourth-order valence-electron chi connectivity index (χ4n) is 1.53. The highest BCUT2D eigenvalue weighted by Gasteiger charge is 2.04. The molecule has 0 unspecified atom stereocenters. The summed E-state index contributed by atoms with van der Waals surface area (Å²) in [6.45, 7) is 4.05.